The van der Waals surface area contributed by atoms with Gasteiger partial charge in [-0.25, -0.2) is 8.42 Å². The van der Waals surface area contributed by atoms with E-state index in [1.807, 2.05) is 18.2 Å². The van der Waals surface area contributed by atoms with Gasteiger partial charge in [0.15, 0.2) is 0 Å². The lowest BCUT2D eigenvalue weighted by Gasteiger charge is -2.46. The van der Waals surface area contributed by atoms with Gasteiger partial charge in [-0.3, -0.25) is 9.80 Å². The summed E-state index contributed by atoms with van der Waals surface area (Å²) in [6.45, 7) is 4.70. The molecule has 0 saturated carbocycles. The number of fused-ring (bicyclic) bond motifs is 1. The van der Waals surface area contributed by atoms with Crippen LogP contribution in [0.5, 0.6) is 0 Å². The lowest BCUT2D eigenvalue weighted by atomic mass is 10.1. The van der Waals surface area contributed by atoms with E-state index in [0.29, 0.717) is 19.6 Å². The van der Waals surface area contributed by atoms with Crippen molar-refractivity contribution in [1.29, 1.82) is 0 Å². The number of nitrogens with zero attached hydrogens (tertiary/aromatic N) is 3. The van der Waals surface area contributed by atoms with E-state index >= 15 is 0 Å². The van der Waals surface area contributed by atoms with Crippen molar-refractivity contribution in [2.45, 2.75) is 23.7 Å². The van der Waals surface area contributed by atoms with E-state index in [0.717, 1.165) is 50.4 Å². The number of hydrogen-bond donors (Lipinski definition) is 0. The lowest BCUT2D eigenvalue weighted by molar-refractivity contribution is -0.137. The molecule has 0 amide bonds. The predicted molar refractivity (Wildman–Crippen MR) is 107 cm³/mol. The first kappa shape index (κ1) is 21.3. The summed E-state index contributed by atoms with van der Waals surface area (Å²) >= 11 is 0. The molecule has 0 unspecified atom stereocenters. The molecule has 2 aromatic carbocycles. The van der Waals surface area contributed by atoms with Crippen LogP contribution >= 0.6 is 0 Å². The standard InChI is InChI=1S/C21H24F3N3O2S/c22-21(23,24)18-6-8-20(9-7-18)30(28,29)27-13-12-26-11-10-25(15-19(26)16-27)14-17-4-2-1-3-5-17/h1-9,19H,10-16H2/t19-/m0/s1. The molecule has 30 heavy (non-hydrogen) atoms. The average Bonchev–Trinajstić information content (AvgIpc) is 2.73. The van der Waals surface area contributed by atoms with Gasteiger partial charge in [-0.15, -0.1) is 0 Å². The Balaban J connectivity index is 1.44. The third-order valence-corrected chi connectivity index (χ3v) is 7.69. The van der Waals surface area contributed by atoms with Gasteiger partial charge in [-0.1, -0.05) is 30.3 Å². The highest BCUT2D eigenvalue weighted by molar-refractivity contribution is 7.89. The molecule has 2 heterocycles. The largest absolute Gasteiger partial charge is 0.416 e. The van der Waals surface area contributed by atoms with Crippen LogP contribution in [0.3, 0.4) is 0 Å². The van der Waals surface area contributed by atoms with Crippen molar-refractivity contribution in [2.75, 3.05) is 39.3 Å². The summed E-state index contributed by atoms with van der Waals surface area (Å²) in [6, 6.07) is 14.0. The molecule has 0 N–H and O–H groups in total. The molecule has 0 spiro atoms. The summed E-state index contributed by atoms with van der Waals surface area (Å²) in [5.41, 5.74) is 0.367. The highest BCUT2D eigenvalue weighted by atomic mass is 32.2. The topological polar surface area (TPSA) is 43.9 Å². The molecule has 0 aliphatic carbocycles. The smallest absolute Gasteiger partial charge is 0.296 e. The average molecular weight is 440 g/mol. The van der Waals surface area contributed by atoms with Crippen LogP contribution in [-0.2, 0) is 22.7 Å². The Hall–Kier alpha value is -1.94. The van der Waals surface area contributed by atoms with Gasteiger partial charge >= 0.3 is 6.18 Å². The Morgan fingerprint density at radius 3 is 2.20 bits per heavy atom. The molecule has 2 aliphatic heterocycles. The van der Waals surface area contributed by atoms with E-state index in [9.17, 15) is 21.6 Å². The zero-order chi connectivity index (χ0) is 21.4. The van der Waals surface area contributed by atoms with Gasteiger partial charge in [-0.2, -0.15) is 17.5 Å². The number of hydrogen-bond acceptors (Lipinski definition) is 4. The van der Waals surface area contributed by atoms with Crippen LogP contribution in [0.1, 0.15) is 11.1 Å². The molecule has 2 aromatic rings. The molecule has 4 rings (SSSR count). The van der Waals surface area contributed by atoms with Crippen molar-refractivity contribution in [3.63, 3.8) is 0 Å². The summed E-state index contributed by atoms with van der Waals surface area (Å²) in [7, 11) is -3.83. The van der Waals surface area contributed by atoms with Gasteiger partial charge in [0.1, 0.15) is 0 Å². The van der Waals surface area contributed by atoms with Crippen molar-refractivity contribution in [2.24, 2.45) is 0 Å². The van der Waals surface area contributed by atoms with Crippen molar-refractivity contribution in [3.8, 4) is 0 Å². The fourth-order valence-corrected chi connectivity index (χ4v) is 5.63. The Morgan fingerprint density at radius 1 is 0.867 bits per heavy atom. The molecule has 0 bridgehead atoms. The Labute approximate surface area is 174 Å². The van der Waals surface area contributed by atoms with Gasteiger partial charge in [0.25, 0.3) is 0 Å². The molecule has 2 fully saturated rings. The maximum absolute atomic E-state index is 13.0. The molecule has 5 nitrogen and oxygen atoms in total. The fourth-order valence-electron chi connectivity index (χ4n) is 4.16. The summed E-state index contributed by atoms with van der Waals surface area (Å²) in [4.78, 5) is 4.53. The number of sulfonamides is 1. The highest BCUT2D eigenvalue weighted by Crippen LogP contribution is 2.30. The van der Waals surface area contributed by atoms with Gasteiger partial charge in [0.2, 0.25) is 10.0 Å². The minimum Gasteiger partial charge on any atom is -0.296 e. The first-order valence-corrected chi connectivity index (χ1v) is 11.4. The SMILES string of the molecule is O=S(=O)(c1ccc(C(F)(F)F)cc1)N1CCN2CCN(Cc3ccccc3)C[C@H]2C1. The monoisotopic (exact) mass is 439 g/mol. The minimum absolute atomic E-state index is 0.0698. The van der Waals surface area contributed by atoms with Crippen LogP contribution in [0.25, 0.3) is 0 Å². The first-order chi connectivity index (χ1) is 14.2. The normalized spacial score (nSPS) is 22.0. The molecule has 1 atom stereocenters. The van der Waals surface area contributed by atoms with E-state index in [2.05, 4.69) is 21.9 Å². The van der Waals surface area contributed by atoms with Gasteiger partial charge < -0.3 is 0 Å². The molecular weight excluding hydrogens is 415 g/mol. The van der Waals surface area contributed by atoms with E-state index in [1.54, 1.807) is 0 Å². The minimum atomic E-state index is -4.49. The van der Waals surface area contributed by atoms with Crippen LogP contribution < -0.4 is 0 Å². The first-order valence-electron chi connectivity index (χ1n) is 9.91. The quantitative estimate of drug-likeness (QED) is 0.735. The maximum Gasteiger partial charge on any atom is 0.416 e. The zero-order valence-corrected chi connectivity index (χ0v) is 17.2. The molecule has 9 heteroatoms. The zero-order valence-electron chi connectivity index (χ0n) is 16.4. The third-order valence-electron chi connectivity index (χ3n) is 5.81. The van der Waals surface area contributed by atoms with Crippen LogP contribution in [0, 0.1) is 0 Å². The van der Waals surface area contributed by atoms with E-state index in [4.69, 9.17) is 0 Å². The molecule has 162 valence electrons. The van der Waals surface area contributed by atoms with E-state index in [-0.39, 0.29) is 10.9 Å². The second-order valence-electron chi connectivity index (χ2n) is 7.80. The number of benzene rings is 2. The number of alkyl halides is 3. The Morgan fingerprint density at radius 2 is 1.53 bits per heavy atom. The number of rotatable bonds is 4. The summed E-state index contributed by atoms with van der Waals surface area (Å²) in [6.07, 6.45) is -4.49. The molecule has 0 aromatic heterocycles. The Bertz CT molecular complexity index is 965. The van der Waals surface area contributed by atoms with Crippen LogP contribution in [-0.4, -0.2) is 67.8 Å². The fraction of sp³-hybridized carbons (Fsp3) is 0.429. The summed E-state index contributed by atoms with van der Waals surface area (Å²) in [5, 5.41) is 0. The molecule has 2 saturated heterocycles. The lowest BCUT2D eigenvalue weighted by Crippen LogP contribution is -2.62. The van der Waals surface area contributed by atoms with E-state index in [1.165, 1.54) is 9.87 Å². The summed E-state index contributed by atoms with van der Waals surface area (Å²) < 4.78 is 65.8. The van der Waals surface area contributed by atoms with Crippen molar-refractivity contribution in [3.05, 3.63) is 65.7 Å². The van der Waals surface area contributed by atoms with Crippen molar-refractivity contribution < 1.29 is 21.6 Å². The second-order valence-corrected chi connectivity index (χ2v) is 9.73. The highest BCUT2D eigenvalue weighted by Gasteiger charge is 2.37. The molecular formula is C21H24F3N3O2S. The van der Waals surface area contributed by atoms with Gasteiger partial charge in [-0.05, 0) is 29.8 Å². The van der Waals surface area contributed by atoms with Gasteiger partial charge in [0.05, 0.1) is 10.5 Å². The molecule has 2 aliphatic rings. The van der Waals surface area contributed by atoms with Crippen molar-refractivity contribution >= 4 is 10.0 Å². The maximum atomic E-state index is 13.0. The number of piperazine rings is 2. The van der Waals surface area contributed by atoms with Crippen LogP contribution in [0.15, 0.2) is 59.5 Å². The molecule has 0 radical (unpaired) electrons. The second kappa shape index (κ2) is 8.30. The number of halogens is 3. The van der Waals surface area contributed by atoms with Gasteiger partial charge in [0, 0.05) is 51.9 Å². The van der Waals surface area contributed by atoms with Crippen molar-refractivity contribution in [1.82, 2.24) is 14.1 Å². The van der Waals surface area contributed by atoms with Crippen LogP contribution in [0.4, 0.5) is 13.2 Å². The third kappa shape index (κ3) is 4.54. The summed E-state index contributed by atoms with van der Waals surface area (Å²) in [5.74, 6) is 0. The Kier molecular flexibility index (Phi) is 5.89. The predicted octanol–water partition coefficient (Wildman–Crippen LogP) is 2.90. The van der Waals surface area contributed by atoms with E-state index < -0.39 is 21.8 Å². The van der Waals surface area contributed by atoms with Crippen LogP contribution in [0.2, 0.25) is 0 Å².